The van der Waals surface area contributed by atoms with E-state index in [0.717, 1.165) is 12.8 Å². The molecule has 0 radical (unpaired) electrons. The summed E-state index contributed by atoms with van der Waals surface area (Å²) in [5.41, 5.74) is 2.15. The lowest BCUT2D eigenvalue weighted by Crippen LogP contribution is -2.17. The van der Waals surface area contributed by atoms with Crippen LogP contribution in [-0.4, -0.2) is 21.5 Å². The molecule has 0 bridgehead atoms. The lowest BCUT2D eigenvalue weighted by Gasteiger charge is -2.14. The van der Waals surface area contributed by atoms with Gasteiger partial charge in [-0.2, -0.15) is 4.37 Å². The normalized spacial score (nSPS) is 12.1. The molecule has 0 spiro atoms. The van der Waals surface area contributed by atoms with Gasteiger partial charge in [-0.3, -0.25) is 0 Å². The van der Waals surface area contributed by atoms with E-state index in [4.69, 9.17) is 0 Å². The summed E-state index contributed by atoms with van der Waals surface area (Å²) in [5.74, 6) is -0.922. The number of carboxylic acid groups (broad SMARTS) is 1. The highest BCUT2D eigenvalue weighted by molar-refractivity contribution is 7.10. The predicted octanol–water partition coefficient (Wildman–Crippen LogP) is 3.58. The van der Waals surface area contributed by atoms with Gasteiger partial charge in [0.25, 0.3) is 0 Å². The number of rotatable bonds is 6. The maximum absolute atomic E-state index is 11.2. The van der Waals surface area contributed by atoms with Gasteiger partial charge in [0, 0.05) is 6.04 Å². The number of anilines is 1. The number of aromatic carboxylic acids is 1. The Morgan fingerprint density at radius 3 is 2.75 bits per heavy atom. The maximum Gasteiger partial charge on any atom is 0.340 e. The van der Waals surface area contributed by atoms with E-state index in [9.17, 15) is 9.90 Å². The standard InChI is InChI=1S/C15H18N2O2S/c1-10(8-9-12-6-4-3-5-7-12)16-14-13(15(18)19)11(2)17-20-14/h3-7,10,16H,8-9H2,1-2H3,(H,18,19). The second kappa shape index (κ2) is 6.52. The summed E-state index contributed by atoms with van der Waals surface area (Å²) in [6.45, 7) is 3.78. The largest absolute Gasteiger partial charge is 0.478 e. The monoisotopic (exact) mass is 290 g/mol. The van der Waals surface area contributed by atoms with Gasteiger partial charge in [-0.1, -0.05) is 30.3 Å². The molecule has 0 amide bonds. The second-order valence-corrected chi connectivity index (χ2v) is 5.62. The van der Waals surface area contributed by atoms with Crippen LogP contribution >= 0.6 is 11.5 Å². The van der Waals surface area contributed by atoms with Gasteiger partial charge >= 0.3 is 5.97 Å². The number of aryl methyl sites for hydroxylation is 2. The first-order valence-electron chi connectivity index (χ1n) is 6.58. The Bertz CT molecular complexity index is 581. The van der Waals surface area contributed by atoms with E-state index in [-0.39, 0.29) is 6.04 Å². The number of hydrogen-bond acceptors (Lipinski definition) is 4. The van der Waals surface area contributed by atoms with E-state index in [1.165, 1.54) is 17.1 Å². The van der Waals surface area contributed by atoms with Crippen molar-refractivity contribution in [2.75, 3.05) is 5.32 Å². The van der Waals surface area contributed by atoms with Crippen molar-refractivity contribution in [3.8, 4) is 0 Å². The predicted molar refractivity (Wildman–Crippen MR) is 81.7 cm³/mol. The Morgan fingerprint density at radius 1 is 1.40 bits per heavy atom. The van der Waals surface area contributed by atoms with Crippen LogP contribution in [0.1, 0.15) is 35.0 Å². The molecular formula is C15H18N2O2S. The molecule has 20 heavy (non-hydrogen) atoms. The lowest BCUT2D eigenvalue weighted by molar-refractivity contribution is 0.0697. The van der Waals surface area contributed by atoms with Crippen LogP contribution in [0.5, 0.6) is 0 Å². The first-order valence-corrected chi connectivity index (χ1v) is 7.35. The SMILES string of the molecule is Cc1nsc(NC(C)CCc2ccccc2)c1C(=O)O. The maximum atomic E-state index is 11.2. The van der Waals surface area contributed by atoms with E-state index in [1.54, 1.807) is 6.92 Å². The molecule has 2 aromatic rings. The van der Waals surface area contributed by atoms with Crippen LogP contribution in [0, 0.1) is 6.92 Å². The Balaban J connectivity index is 1.95. The average Bonchev–Trinajstić information content (AvgIpc) is 2.78. The summed E-state index contributed by atoms with van der Waals surface area (Å²) in [5, 5.41) is 13.1. The summed E-state index contributed by atoms with van der Waals surface area (Å²) in [7, 11) is 0. The third kappa shape index (κ3) is 3.57. The molecule has 1 aromatic carbocycles. The highest BCUT2D eigenvalue weighted by Crippen LogP contribution is 2.25. The number of nitrogens with one attached hydrogen (secondary N) is 1. The fraction of sp³-hybridized carbons (Fsp3) is 0.333. The minimum atomic E-state index is -0.922. The van der Waals surface area contributed by atoms with Crippen molar-refractivity contribution in [3.63, 3.8) is 0 Å². The van der Waals surface area contributed by atoms with Gasteiger partial charge in [0.15, 0.2) is 0 Å². The molecular weight excluding hydrogens is 272 g/mol. The summed E-state index contributed by atoms with van der Waals surface area (Å²) < 4.78 is 4.11. The van der Waals surface area contributed by atoms with Crippen LogP contribution in [0.3, 0.4) is 0 Å². The molecule has 4 nitrogen and oxygen atoms in total. The summed E-state index contributed by atoms with van der Waals surface area (Å²) >= 11 is 1.21. The van der Waals surface area contributed by atoms with E-state index in [2.05, 4.69) is 28.7 Å². The van der Waals surface area contributed by atoms with Gasteiger partial charge in [-0.05, 0) is 43.8 Å². The van der Waals surface area contributed by atoms with E-state index in [0.29, 0.717) is 16.3 Å². The first-order chi connectivity index (χ1) is 9.58. The number of benzene rings is 1. The average molecular weight is 290 g/mol. The van der Waals surface area contributed by atoms with Crippen LogP contribution < -0.4 is 5.32 Å². The van der Waals surface area contributed by atoms with Crippen LogP contribution in [0.4, 0.5) is 5.00 Å². The smallest absolute Gasteiger partial charge is 0.340 e. The molecule has 1 atom stereocenters. The zero-order chi connectivity index (χ0) is 14.5. The van der Waals surface area contributed by atoms with Crippen molar-refractivity contribution in [2.24, 2.45) is 0 Å². The van der Waals surface area contributed by atoms with Gasteiger partial charge in [-0.15, -0.1) is 0 Å². The molecule has 0 aliphatic rings. The number of aromatic nitrogens is 1. The highest BCUT2D eigenvalue weighted by atomic mass is 32.1. The molecule has 0 aliphatic heterocycles. The van der Waals surface area contributed by atoms with E-state index < -0.39 is 5.97 Å². The molecule has 1 aromatic heterocycles. The molecule has 0 saturated heterocycles. The van der Waals surface area contributed by atoms with Crippen LogP contribution in [-0.2, 0) is 6.42 Å². The van der Waals surface area contributed by atoms with Crippen molar-refractivity contribution in [2.45, 2.75) is 32.7 Å². The Kier molecular flexibility index (Phi) is 4.74. The number of nitrogens with zero attached hydrogens (tertiary/aromatic N) is 1. The Morgan fingerprint density at radius 2 is 2.10 bits per heavy atom. The summed E-state index contributed by atoms with van der Waals surface area (Å²) in [4.78, 5) is 11.2. The summed E-state index contributed by atoms with van der Waals surface area (Å²) in [6.07, 6.45) is 1.91. The van der Waals surface area contributed by atoms with E-state index in [1.807, 2.05) is 18.2 Å². The second-order valence-electron chi connectivity index (χ2n) is 4.85. The van der Waals surface area contributed by atoms with Crippen LogP contribution in [0.15, 0.2) is 30.3 Å². The molecule has 0 aliphatic carbocycles. The zero-order valence-corrected chi connectivity index (χ0v) is 12.4. The van der Waals surface area contributed by atoms with Gasteiger partial charge in [0.05, 0.1) is 5.69 Å². The molecule has 1 unspecified atom stereocenters. The van der Waals surface area contributed by atoms with Crippen LogP contribution in [0.25, 0.3) is 0 Å². The molecule has 2 rings (SSSR count). The van der Waals surface area contributed by atoms with Crippen molar-refractivity contribution in [3.05, 3.63) is 47.2 Å². The zero-order valence-electron chi connectivity index (χ0n) is 11.6. The molecule has 0 fully saturated rings. The van der Waals surface area contributed by atoms with Crippen LogP contribution in [0.2, 0.25) is 0 Å². The summed E-state index contributed by atoms with van der Waals surface area (Å²) in [6, 6.07) is 10.5. The first kappa shape index (κ1) is 14.5. The lowest BCUT2D eigenvalue weighted by atomic mass is 10.1. The van der Waals surface area contributed by atoms with Crippen molar-refractivity contribution in [1.82, 2.24) is 4.37 Å². The third-order valence-corrected chi connectivity index (χ3v) is 4.03. The van der Waals surface area contributed by atoms with E-state index >= 15 is 0 Å². The molecule has 1 heterocycles. The topological polar surface area (TPSA) is 62.2 Å². The molecule has 0 saturated carbocycles. The van der Waals surface area contributed by atoms with Crippen molar-refractivity contribution < 1.29 is 9.90 Å². The minimum Gasteiger partial charge on any atom is -0.478 e. The highest BCUT2D eigenvalue weighted by Gasteiger charge is 2.18. The number of hydrogen-bond donors (Lipinski definition) is 2. The van der Waals surface area contributed by atoms with Crippen molar-refractivity contribution in [1.29, 1.82) is 0 Å². The molecule has 5 heteroatoms. The van der Waals surface area contributed by atoms with Gasteiger partial charge < -0.3 is 10.4 Å². The van der Waals surface area contributed by atoms with Crippen molar-refractivity contribution >= 4 is 22.5 Å². The molecule has 2 N–H and O–H groups in total. The fourth-order valence-corrected chi connectivity index (χ4v) is 2.94. The van der Waals surface area contributed by atoms with Gasteiger partial charge in [0.1, 0.15) is 10.6 Å². The quantitative estimate of drug-likeness (QED) is 0.853. The Hall–Kier alpha value is -1.88. The number of carbonyl (C=O) groups is 1. The third-order valence-electron chi connectivity index (χ3n) is 3.16. The molecule has 106 valence electrons. The minimum absolute atomic E-state index is 0.202. The van der Waals surface area contributed by atoms with Gasteiger partial charge in [0.2, 0.25) is 0 Å². The number of carboxylic acids is 1. The Labute approximate surface area is 122 Å². The fourth-order valence-electron chi connectivity index (χ4n) is 2.04. The van der Waals surface area contributed by atoms with Gasteiger partial charge in [-0.25, -0.2) is 4.79 Å².